The van der Waals surface area contributed by atoms with Crippen molar-refractivity contribution < 1.29 is 73.2 Å². The molecule has 9 atom stereocenters. The van der Waals surface area contributed by atoms with Crippen molar-refractivity contribution in [3.63, 3.8) is 0 Å². The van der Waals surface area contributed by atoms with E-state index in [0.29, 0.717) is 13.2 Å². The number of aliphatic hydroxyl groups excluding tert-OH is 2. The van der Waals surface area contributed by atoms with E-state index in [9.17, 15) is 39.9 Å². The van der Waals surface area contributed by atoms with Crippen LogP contribution in [0.5, 0.6) is 23.0 Å². The Balaban J connectivity index is 1.92. The van der Waals surface area contributed by atoms with Gasteiger partial charge in [-0.15, -0.1) is 0 Å². The number of nitrogens with one attached hydrogen (secondary N) is 1. The van der Waals surface area contributed by atoms with Crippen molar-refractivity contribution in [2.75, 3.05) is 46.0 Å². The van der Waals surface area contributed by atoms with Gasteiger partial charge in [0.15, 0.2) is 5.75 Å². The topological polar surface area (TPSA) is 241 Å². The largest absolute Gasteiger partial charge is 0.507 e. The van der Waals surface area contributed by atoms with Gasteiger partial charge in [0.05, 0.1) is 72.8 Å². The van der Waals surface area contributed by atoms with Crippen LogP contribution in [0.15, 0.2) is 41.3 Å². The molecular weight excluding hydrogens is 784 g/mol. The predicted molar refractivity (Wildman–Crippen MR) is 220 cm³/mol. The number of anilines is 1. The lowest BCUT2D eigenvalue weighted by Crippen LogP contribution is -2.46. The molecule has 0 fully saturated rings. The van der Waals surface area contributed by atoms with Crippen molar-refractivity contribution in [1.82, 2.24) is 0 Å². The second-order valence-corrected chi connectivity index (χ2v) is 15.3. The summed E-state index contributed by atoms with van der Waals surface area (Å²) >= 11 is 0. The number of Topliss-reactive ketones (excluding diaryl/α,β-unsaturated/α-hetero) is 1. The number of hydrogen-bond acceptors (Lipinski definition) is 16. The molecule has 0 saturated heterocycles. The number of oxime groups is 1. The first kappa shape index (κ1) is 47.5. The smallest absolute Gasteiger partial charge is 0.312 e. The molecule has 0 saturated carbocycles. The lowest BCUT2D eigenvalue weighted by atomic mass is 9.78. The number of hydrogen-bond donors (Lipinski definition) is 6. The monoisotopic (exact) mass is 842 g/mol. The Bertz CT molecular complexity index is 2030. The number of aromatic hydroxyl groups is 3. The Morgan fingerprint density at radius 1 is 0.917 bits per heavy atom. The molecular formula is C43H58N2O15. The molecule has 17 heteroatoms. The minimum atomic E-state index is -2.08. The molecule has 330 valence electrons. The van der Waals surface area contributed by atoms with Gasteiger partial charge in [-0.3, -0.25) is 14.4 Å². The van der Waals surface area contributed by atoms with Gasteiger partial charge in [-0.25, -0.2) is 0 Å². The molecule has 0 aromatic heterocycles. The van der Waals surface area contributed by atoms with Gasteiger partial charge in [-0.1, -0.05) is 51.1 Å². The zero-order valence-electron chi connectivity index (χ0n) is 35.7. The molecule has 0 unspecified atom stereocenters. The Morgan fingerprint density at radius 2 is 1.60 bits per heavy atom. The van der Waals surface area contributed by atoms with Crippen LogP contribution >= 0.6 is 0 Å². The SMILES string of the molecule is COCCOCCON=Cc1c2c(O)c3c(O)c(C)c4c(c3c1O)C(=O)[C@@](C)(O/C=C\[C@H](OC)[C@@H](C)[C@@H](OC(C)=O)[C@H](C)[C@H](O)[C@H](C)[C@@H](O)[C@@H](C)/C=C\C=C(\C)C(=O)N2)O4. The molecule has 17 nitrogen and oxygen atoms in total. The number of aliphatic hydroxyl groups is 2. The molecule has 3 aliphatic heterocycles. The summed E-state index contributed by atoms with van der Waals surface area (Å²) in [6.07, 6.45) is 4.38. The van der Waals surface area contributed by atoms with Crippen molar-refractivity contribution in [3.05, 3.63) is 52.8 Å². The molecule has 3 heterocycles. The molecule has 5 rings (SSSR count). The van der Waals surface area contributed by atoms with Crippen LogP contribution in [-0.2, 0) is 38.1 Å². The molecule has 0 radical (unpaired) electrons. The van der Waals surface area contributed by atoms with Crippen LogP contribution in [0.4, 0.5) is 5.69 Å². The third kappa shape index (κ3) is 10.0. The summed E-state index contributed by atoms with van der Waals surface area (Å²) in [7, 11) is 2.95. The highest BCUT2D eigenvalue weighted by molar-refractivity contribution is 6.23. The third-order valence-electron chi connectivity index (χ3n) is 11.0. The Morgan fingerprint density at radius 3 is 2.25 bits per heavy atom. The summed E-state index contributed by atoms with van der Waals surface area (Å²) in [6.45, 7) is 13.2. The minimum Gasteiger partial charge on any atom is -0.507 e. The molecule has 60 heavy (non-hydrogen) atoms. The summed E-state index contributed by atoms with van der Waals surface area (Å²) in [5, 5.41) is 63.9. The summed E-state index contributed by atoms with van der Waals surface area (Å²) < 4.78 is 33.8. The number of methoxy groups -OCH3 is 2. The van der Waals surface area contributed by atoms with E-state index in [1.54, 1.807) is 39.8 Å². The number of carbonyl (C=O) groups is 3. The van der Waals surface area contributed by atoms with E-state index in [-0.39, 0.29) is 57.7 Å². The average molecular weight is 843 g/mol. The van der Waals surface area contributed by atoms with E-state index >= 15 is 0 Å². The maximum absolute atomic E-state index is 14.4. The molecule has 6 N–H and O–H groups in total. The lowest BCUT2D eigenvalue weighted by molar-refractivity contribution is -0.160. The fraction of sp³-hybridized carbons (Fsp3) is 0.535. The van der Waals surface area contributed by atoms with Crippen molar-refractivity contribution in [2.45, 2.75) is 85.6 Å². The van der Waals surface area contributed by atoms with Gasteiger partial charge in [0.2, 0.25) is 0 Å². The first-order valence-electron chi connectivity index (χ1n) is 19.6. The van der Waals surface area contributed by atoms with E-state index in [4.69, 9.17) is 33.3 Å². The quantitative estimate of drug-likeness (QED) is 0.0472. The second kappa shape index (κ2) is 20.4. The van der Waals surface area contributed by atoms with E-state index in [0.717, 1.165) is 6.21 Å². The zero-order valence-corrected chi connectivity index (χ0v) is 35.7. The number of fused-ring (bicyclic) bond motifs is 14. The van der Waals surface area contributed by atoms with Gasteiger partial charge < -0.3 is 64.1 Å². The number of esters is 1. The predicted octanol–water partition coefficient (Wildman–Crippen LogP) is 4.77. The van der Waals surface area contributed by atoms with Crippen LogP contribution < -0.4 is 10.1 Å². The number of ketones is 1. The van der Waals surface area contributed by atoms with E-state index < -0.39 is 88.8 Å². The van der Waals surface area contributed by atoms with Gasteiger partial charge in [-0.05, 0) is 19.9 Å². The highest BCUT2D eigenvalue weighted by atomic mass is 16.7. The number of phenolic OH excluding ortho intramolecular Hbond substituents is 3. The van der Waals surface area contributed by atoms with Crippen molar-refractivity contribution in [2.24, 2.45) is 28.8 Å². The van der Waals surface area contributed by atoms with Crippen molar-refractivity contribution in [3.8, 4) is 23.0 Å². The number of benzene rings is 2. The van der Waals surface area contributed by atoms with Crippen LogP contribution in [0.25, 0.3) is 10.8 Å². The van der Waals surface area contributed by atoms with Gasteiger partial charge in [-0.2, -0.15) is 0 Å². The molecule has 3 aliphatic rings. The number of rotatable bonds is 10. The van der Waals surface area contributed by atoms with Gasteiger partial charge in [0.25, 0.3) is 11.7 Å². The number of phenols is 3. The number of carbonyl (C=O) groups excluding carboxylic acids is 3. The average Bonchev–Trinajstić information content (AvgIpc) is 3.47. The Kier molecular flexibility index (Phi) is 16.1. The number of allylic oxidation sites excluding steroid dienone is 2. The third-order valence-corrected chi connectivity index (χ3v) is 11.0. The fourth-order valence-corrected chi connectivity index (χ4v) is 7.36. The second-order valence-electron chi connectivity index (χ2n) is 15.3. The number of amides is 1. The van der Waals surface area contributed by atoms with Crippen LogP contribution in [0.3, 0.4) is 0 Å². The molecule has 2 aromatic carbocycles. The van der Waals surface area contributed by atoms with Gasteiger partial charge in [0.1, 0.15) is 30.0 Å². The molecule has 1 amide bonds. The fourth-order valence-electron chi connectivity index (χ4n) is 7.36. The highest BCUT2D eigenvalue weighted by Gasteiger charge is 2.50. The van der Waals surface area contributed by atoms with Crippen LogP contribution in [-0.4, -0.2) is 120 Å². The summed E-state index contributed by atoms with van der Waals surface area (Å²) in [6, 6.07) is 0. The van der Waals surface area contributed by atoms with Crippen LogP contribution in [0.1, 0.15) is 70.0 Å². The molecule has 0 spiro atoms. The normalized spacial score (nSPS) is 29.8. The summed E-state index contributed by atoms with van der Waals surface area (Å²) in [5.41, 5.74) is -0.739. The van der Waals surface area contributed by atoms with E-state index in [1.807, 2.05) is 0 Å². The molecule has 0 aliphatic carbocycles. The summed E-state index contributed by atoms with van der Waals surface area (Å²) in [5.74, 6) is -8.83. The lowest BCUT2D eigenvalue weighted by Gasteiger charge is -2.38. The van der Waals surface area contributed by atoms with Crippen LogP contribution in [0.2, 0.25) is 0 Å². The first-order valence-corrected chi connectivity index (χ1v) is 19.6. The molecule has 2 aromatic rings. The van der Waals surface area contributed by atoms with Gasteiger partial charge >= 0.3 is 11.8 Å². The highest BCUT2D eigenvalue weighted by Crippen LogP contribution is 2.55. The van der Waals surface area contributed by atoms with Gasteiger partial charge in [0, 0.05) is 68.3 Å². The molecule has 5 bridgehead atoms. The minimum absolute atomic E-state index is 0.0155. The van der Waals surface area contributed by atoms with Crippen molar-refractivity contribution in [1.29, 1.82) is 0 Å². The maximum Gasteiger partial charge on any atom is 0.312 e. The Labute approximate surface area is 349 Å². The number of nitrogens with zero attached hydrogens (tertiary/aromatic N) is 1. The van der Waals surface area contributed by atoms with Crippen molar-refractivity contribution >= 4 is 40.3 Å². The number of ether oxygens (including phenoxy) is 6. The zero-order chi connectivity index (χ0) is 44.6. The standard InChI is InChI=1S/C43H58N2O15/c1-21-12-11-13-22(2)42(53)45-33-28(20-44-58-19-18-56-17-16-54-9)37(50)30-31(38(33)51)36(49)26(6)40-32(30)41(52)43(8,60-40)57-15-14-29(55-10)23(3)39(59-27(7)46)25(5)35(48)24(4)34(21)47/h11-15,20-21,23-25,29,34-35,39,47-51H,16-19H2,1-10H3,(H,45,53)/b12-11-,15-14-,22-13-,44-20?/t21-,23+,24+,25+,29-,34-,35+,39+,43-/m0/s1. The van der Waals surface area contributed by atoms with E-state index in [2.05, 4.69) is 10.5 Å². The van der Waals surface area contributed by atoms with E-state index in [1.165, 1.54) is 60.3 Å². The Hall–Kier alpha value is -5.20. The first-order chi connectivity index (χ1) is 28.3. The summed E-state index contributed by atoms with van der Waals surface area (Å²) in [4.78, 5) is 45.7. The van der Waals surface area contributed by atoms with Crippen LogP contribution in [0, 0.1) is 30.6 Å². The maximum atomic E-state index is 14.4.